The summed E-state index contributed by atoms with van der Waals surface area (Å²) in [5.41, 5.74) is 6.13. The summed E-state index contributed by atoms with van der Waals surface area (Å²) < 4.78 is 26.0. The zero-order valence-corrected chi connectivity index (χ0v) is 10.5. The van der Waals surface area contributed by atoms with Crippen LogP contribution in [0.25, 0.3) is 0 Å². The van der Waals surface area contributed by atoms with Crippen LogP contribution in [-0.2, 0) is 16.6 Å². The van der Waals surface area contributed by atoms with Gasteiger partial charge in [-0.1, -0.05) is 6.42 Å². The van der Waals surface area contributed by atoms with E-state index in [1.54, 1.807) is 12.1 Å². The molecule has 0 unspecified atom stereocenters. The van der Waals surface area contributed by atoms with Crippen molar-refractivity contribution in [1.82, 2.24) is 9.29 Å². The predicted molar refractivity (Wildman–Crippen MR) is 64.7 cm³/mol. The van der Waals surface area contributed by atoms with Crippen LogP contribution in [-0.4, -0.2) is 30.8 Å². The first-order valence-corrected chi connectivity index (χ1v) is 7.24. The van der Waals surface area contributed by atoms with Crippen molar-refractivity contribution in [3.8, 4) is 0 Å². The Balaban J connectivity index is 2.23. The van der Waals surface area contributed by atoms with Crippen LogP contribution in [0.15, 0.2) is 23.2 Å². The van der Waals surface area contributed by atoms with E-state index in [-0.39, 0.29) is 4.90 Å². The van der Waals surface area contributed by atoms with Gasteiger partial charge in [0.25, 0.3) is 0 Å². The molecule has 0 spiro atoms. The van der Waals surface area contributed by atoms with E-state index in [1.165, 1.54) is 10.5 Å². The topological polar surface area (TPSA) is 76.3 Å². The highest BCUT2D eigenvalue weighted by Crippen LogP contribution is 2.19. The molecule has 1 saturated heterocycles. The first kappa shape index (κ1) is 12.5. The average Bonchev–Trinajstić information content (AvgIpc) is 2.40. The van der Waals surface area contributed by atoms with E-state index >= 15 is 0 Å². The lowest BCUT2D eigenvalue weighted by Gasteiger charge is -2.25. The van der Waals surface area contributed by atoms with Gasteiger partial charge in [-0.15, -0.1) is 0 Å². The summed E-state index contributed by atoms with van der Waals surface area (Å²) >= 11 is 0. The number of piperidine rings is 1. The molecule has 5 nitrogen and oxygen atoms in total. The van der Waals surface area contributed by atoms with Crippen LogP contribution in [0.5, 0.6) is 0 Å². The smallest absolute Gasteiger partial charge is 0.244 e. The third-order valence-corrected chi connectivity index (χ3v) is 4.84. The van der Waals surface area contributed by atoms with E-state index in [4.69, 9.17) is 5.73 Å². The summed E-state index contributed by atoms with van der Waals surface area (Å²) in [6, 6.07) is 3.25. The van der Waals surface area contributed by atoms with Crippen molar-refractivity contribution in [1.29, 1.82) is 0 Å². The molecule has 0 atom stereocenters. The van der Waals surface area contributed by atoms with Gasteiger partial charge in [-0.05, 0) is 25.0 Å². The molecule has 1 aromatic heterocycles. The molecule has 0 bridgehead atoms. The highest BCUT2D eigenvalue weighted by atomic mass is 32.2. The lowest BCUT2D eigenvalue weighted by Crippen LogP contribution is -2.35. The molecule has 6 heteroatoms. The first-order chi connectivity index (χ1) is 8.14. The minimum atomic E-state index is -3.36. The molecule has 0 aliphatic carbocycles. The van der Waals surface area contributed by atoms with Gasteiger partial charge in [0.1, 0.15) is 4.90 Å². The number of aromatic nitrogens is 1. The minimum absolute atomic E-state index is 0.261. The number of hydrogen-bond acceptors (Lipinski definition) is 4. The third-order valence-electron chi connectivity index (χ3n) is 2.96. The number of hydrogen-bond donors (Lipinski definition) is 1. The van der Waals surface area contributed by atoms with Crippen LogP contribution >= 0.6 is 0 Å². The Labute approximate surface area is 102 Å². The second-order valence-electron chi connectivity index (χ2n) is 4.15. The van der Waals surface area contributed by atoms with Crippen molar-refractivity contribution in [2.75, 3.05) is 13.1 Å². The van der Waals surface area contributed by atoms with Crippen LogP contribution < -0.4 is 5.73 Å². The van der Waals surface area contributed by atoms with Crippen LogP contribution in [0.2, 0.25) is 0 Å². The average molecular weight is 255 g/mol. The molecule has 1 aromatic rings. The van der Waals surface area contributed by atoms with E-state index in [0.29, 0.717) is 25.3 Å². The molecule has 1 fully saturated rings. The molecule has 0 saturated carbocycles. The SMILES string of the molecule is NCc1ccc(S(=O)(=O)N2CCCCC2)cn1. The zero-order valence-electron chi connectivity index (χ0n) is 9.67. The fourth-order valence-corrected chi connectivity index (χ4v) is 3.40. The lowest BCUT2D eigenvalue weighted by molar-refractivity contribution is 0.346. The van der Waals surface area contributed by atoms with Crippen molar-refractivity contribution in [2.24, 2.45) is 5.73 Å². The Morgan fingerprint density at radius 2 is 1.94 bits per heavy atom. The van der Waals surface area contributed by atoms with Crippen molar-refractivity contribution in [3.63, 3.8) is 0 Å². The second kappa shape index (κ2) is 5.12. The fourth-order valence-electron chi connectivity index (χ4n) is 1.94. The van der Waals surface area contributed by atoms with Crippen molar-refractivity contribution >= 4 is 10.0 Å². The van der Waals surface area contributed by atoms with Gasteiger partial charge >= 0.3 is 0 Å². The maximum absolute atomic E-state index is 12.2. The molecule has 2 rings (SSSR count). The number of rotatable bonds is 3. The predicted octanol–water partition coefficient (Wildman–Crippen LogP) is 0.715. The minimum Gasteiger partial charge on any atom is -0.325 e. The maximum Gasteiger partial charge on any atom is 0.244 e. The largest absolute Gasteiger partial charge is 0.325 e. The van der Waals surface area contributed by atoms with E-state index in [0.717, 1.165) is 19.3 Å². The van der Waals surface area contributed by atoms with E-state index < -0.39 is 10.0 Å². The first-order valence-electron chi connectivity index (χ1n) is 5.80. The summed E-state index contributed by atoms with van der Waals surface area (Å²) in [4.78, 5) is 4.29. The van der Waals surface area contributed by atoms with Gasteiger partial charge in [0.05, 0.1) is 5.69 Å². The third kappa shape index (κ3) is 2.65. The molecule has 0 radical (unpaired) electrons. The zero-order chi connectivity index (χ0) is 12.3. The Hall–Kier alpha value is -0.980. The lowest BCUT2D eigenvalue weighted by atomic mass is 10.2. The van der Waals surface area contributed by atoms with Gasteiger partial charge in [0.2, 0.25) is 10.0 Å². The number of pyridine rings is 1. The van der Waals surface area contributed by atoms with Gasteiger partial charge in [0, 0.05) is 25.8 Å². The molecule has 17 heavy (non-hydrogen) atoms. The van der Waals surface area contributed by atoms with Crippen molar-refractivity contribution < 1.29 is 8.42 Å². The molecule has 0 amide bonds. The fraction of sp³-hybridized carbons (Fsp3) is 0.545. The number of nitrogens with zero attached hydrogens (tertiary/aromatic N) is 2. The highest BCUT2D eigenvalue weighted by molar-refractivity contribution is 7.89. The molecule has 2 heterocycles. The molecule has 0 aromatic carbocycles. The Morgan fingerprint density at radius 3 is 2.47 bits per heavy atom. The van der Waals surface area contributed by atoms with E-state index in [2.05, 4.69) is 4.98 Å². The molecule has 2 N–H and O–H groups in total. The van der Waals surface area contributed by atoms with Gasteiger partial charge in [-0.2, -0.15) is 4.31 Å². The molecule has 1 aliphatic heterocycles. The van der Waals surface area contributed by atoms with Crippen molar-refractivity contribution in [3.05, 3.63) is 24.0 Å². The van der Waals surface area contributed by atoms with Crippen LogP contribution in [0.1, 0.15) is 25.0 Å². The summed E-state index contributed by atoms with van der Waals surface area (Å²) in [5, 5.41) is 0. The Bertz CT molecular complexity index is 464. The standard InChI is InChI=1S/C11H17N3O2S/c12-8-10-4-5-11(9-13-10)17(15,16)14-6-2-1-3-7-14/h4-5,9H,1-3,6-8,12H2. The Morgan fingerprint density at radius 1 is 1.24 bits per heavy atom. The van der Waals surface area contributed by atoms with Gasteiger partial charge < -0.3 is 5.73 Å². The summed E-state index contributed by atoms with van der Waals surface area (Å²) in [6.07, 6.45) is 4.38. The highest BCUT2D eigenvalue weighted by Gasteiger charge is 2.25. The van der Waals surface area contributed by atoms with Gasteiger partial charge in [-0.25, -0.2) is 8.42 Å². The second-order valence-corrected chi connectivity index (χ2v) is 6.09. The van der Waals surface area contributed by atoms with Crippen LogP contribution in [0.4, 0.5) is 0 Å². The van der Waals surface area contributed by atoms with Crippen LogP contribution in [0, 0.1) is 0 Å². The quantitative estimate of drug-likeness (QED) is 0.863. The molecular weight excluding hydrogens is 238 g/mol. The summed E-state index contributed by atoms with van der Waals surface area (Å²) in [5.74, 6) is 0. The van der Waals surface area contributed by atoms with Gasteiger partial charge in [-0.3, -0.25) is 4.98 Å². The number of nitrogens with two attached hydrogens (primary N) is 1. The van der Waals surface area contributed by atoms with E-state index in [1.807, 2.05) is 0 Å². The number of sulfonamides is 1. The van der Waals surface area contributed by atoms with Crippen molar-refractivity contribution in [2.45, 2.75) is 30.7 Å². The molecule has 1 aliphatic rings. The van der Waals surface area contributed by atoms with Crippen LogP contribution in [0.3, 0.4) is 0 Å². The van der Waals surface area contributed by atoms with E-state index in [9.17, 15) is 8.42 Å². The maximum atomic E-state index is 12.2. The Kier molecular flexibility index (Phi) is 3.76. The molecule has 94 valence electrons. The monoisotopic (exact) mass is 255 g/mol. The summed E-state index contributed by atoms with van der Waals surface area (Å²) in [6.45, 7) is 1.55. The summed E-state index contributed by atoms with van der Waals surface area (Å²) in [7, 11) is -3.36. The molecular formula is C11H17N3O2S. The van der Waals surface area contributed by atoms with Gasteiger partial charge in [0.15, 0.2) is 0 Å². The normalized spacial score (nSPS) is 18.2.